The molecule has 25 heavy (non-hydrogen) atoms. The maximum absolute atomic E-state index is 5.41. The van der Waals surface area contributed by atoms with Crippen molar-refractivity contribution in [1.82, 2.24) is 20.0 Å². The third kappa shape index (κ3) is 3.39. The lowest BCUT2D eigenvalue weighted by molar-refractivity contribution is 0.312. The fourth-order valence-corrected chi connectivity index (χ4v) is 2.90. The van der Waals surface area contributed by atoms with E-state index in [2.05, 4.69) is 38.9 Å². The number of piperazine rings is 1. The van der Waals surface area contributed by atoms with E-state index >= 15 is 0 Å². The molecule has 0 atom stereocenters. The van der Waals surface area contributed by atoms with Gasteiger partial charge in [-0.2, -0.15) is 4.98 Å². The van der Waals surface area contributed by atoms with Gasteiger partial charge < -0.3 is 14.3 Å². The number of rotatable bonds is 3. The molecule has 1 aliphatic rings. The number of aryl methyl sites for hydroxylation is 1. The van der Waals surface area contributed by atoms with Crippen LogP contribution in [-0.2, 0) is 0 Å². The van der Waals surface area contributed by atoms with Crippen LogP contribution in [0.1, 0.15) is 5.56 Å². The molecule has 128 valence electrons. The number of benzene rings is 1. The van der Waals surface area contributed by atoms with Gasteiger partial charge >= 0.3 is 0 Å². The molecule has 3 heterocycles. The molecule has 1 fully saturated rings. The molecule has 2 aromatic heterocycles. The largest absolute Gasteiger partial charge is 0.354 e. The molecule has 1 aliphatic heterocycles. The fraction of sp³-hybridized carbons (Fsp3) is 0.316. The van der Waals surface area contributed by atoms with Gasteiger partial charge in [0.25, 0.3) is 5.89 Å². The van der Waals surface area contributed by atoms with E-state index in [1.807, 2.05) is 36.4 Å². The summed E-state index contributed by atoms with van der Waals surface area (Å²) in [4.78, 5) is 13.7. The van der Waals surface area contributed by atoms with Gasteiger partial charge in [0.05, 0.1) is 5.56 Å². The topological polar surface area (TPSA) is 58.3 Å². The predicted molar refractivity (Wildman–Crippen MR) is 97.4 cm³/mol. The quantitative estimate of drug-likeness (QED) is 0.733. The Bertz CT molecular complexity index is 833. The van der Waals surface area contributed by atoms with Crippen LogP contribution < -0.4 is 4.90 Å². The van der Waals surface area contributed by atoms with E-state index < -0.39 is 0 Å². The van der Waals surface area contributed by atoms with E-state index in [4.69, 9.17) is 4.52 Å². The lowest BCUT2D eigenvalue weighted by Gasteiger charge is -2.33. The Morgan fingerprint density at radius 2 is 1.64 bits per heavy atom. The van der Waals surface area contributed by atoms with Crippen LogP contribution in [0.25, 0.3) is 22.8 Å². The van der Waals surface area contributed by atoms with Crippen molar-refractivity contribution in [3.05, 3.63) is 48.2 Å². The second kappa shape index (κ2) is 6.64. The highest BCUT2D eigenvalue weighted by atomic mass is 16.5. The number of anilines is 1. The number of nitrogens with zero attached hydrogens (tertiary/aromatic N) is 5. The fourth-order valence-electron chi connectivity index (χ4n) is 2.90. The number of pyridine rings is 1. The minimum Gasteiger partial charge on any atom is -0.354 e. The minimum atomic E-state index is 0.494. The Morgan fingerprint density at radius 3 is 2.32 bits per heavy atom. The molecule has 0 saturated carbocycles. The lowest BCUT2D eigenvalue weighted by Crippen LogP contribution is -2.44. The van der Waals surface area contributed by atoms with Gasteiger partial charge in [-0.3, -0.25) is 0 Å². The second-order valence-electron chi connectivity index (χ2n) is 6.48. The second-order valence-corrected chi connectivity index (χ2v) is 6.48. The summed E-state index contributed by atoms with van der Waals surface area (Å²) < 4.78 is 5.41. The first-order valence-electron chi connectivity index (χ1n) is 8.50. The molecule has 0 aliphatic carbocycles. The molecular formula is C19H21N5O. The number of aromatic nitrogens is 3. The molecule has 3 aromatic rings. The zero-order valence-corrected chi connectivity index (χ0v) is 14.5. The first kappa shape index (κ1) is 15.8. The summed E-state index contributed by atoms with van der Waals surface area (Å²) in [5, 5.41) is 4.08. The van der Waals surface area contributed by atoms with Crippen LogP contribution >= 0.6 is 0 Å². The summed E-state index contributed by atoms with van der Waals surface area (Å²) in [6.07, 6.45) is 1.81. The zero-order valence-electron chi connectivity index (χ0n) is 14.5. The van der Waals surface area contributed by atoms with Gasteiger partial charge in [0.1, 0.15) is 5.82 Å². The molecule has 6 heteroatoms. The summed E-state index contributed by atoms with van der Waals surface area (Å²) in [7, 11) is 2.15. The highest BCUT2D eigenvalue weighted by Crippen LogP contribution is 2.23. The summed E-state index contributed by atoms with van der Waals surface area (Å²) in [5.41, 5.74) is 2.99. The average molecular weight is 335 g/mol. The van der Waals surface area contributed by atoms with Crippen LogP contribution in [0.4, 0.5) is 5.82 Å². The Balaban J connectivity index is 1.51. The molecule has 4 rings (SSSR count). The summed E-state index contributed by atoms with van der Waals surface area (Å²) in [6, 6.07) is 12.1. The van der Waals surface area contributed by atoms with Crippen molar-refractivity contribution < 1.29 is 4.52 Å². The van der Waals surface area contributed by atoms with Gasteiger partial charge in [0.15, 0.2) is 0 Å². The van der Waals surface area contributed by atoms with Crippen molar-refractivity contribution in [2.45, 2.75) is 6.92 Å². The molecule has 1 saturated heterocycles. The van der Waals surface area contributed by atoms with Gasteiger partial charge in [0, 0.05) is 37.9 Å². The average Bonchev–Trinajstić information content (AvgIpc) is 3.13. The van der Waals surface area contributed by atoms with E-state index in [1.54, 1.807) is 6.20 Å². The molecule has 1 aromatic carbocycles. The number of hydrogen-bond donors (Lipinski definition) is 0. The first-order valence-corrected chi connectivity index (χ1v) is 8.50. The van der Waals surface area contributed by atoms with Gasteiger partial charge in [-0.05, 0) is 26.1 Å². The van der Waals surface area contributed by atoms with Gasteiger partial charge in [0.2, 0.25) is 5.82 Å². The standard InChI is InChI=1S/C19H21N5O/c1-14-3-5-15(6-4-14)18-21-19(25-22-18)16-7-8-17(20-13-16)24-11-9-23(2)10-12-24/h3-8,13H,9-12H2,1-2H3. The molecule has 0 unspecified atom stereocenters. The minimum absolute atomic E-state index is 0.494. The molecule has 0 radical (unpaired) electrons. The first-order chi connectivity index (χ1) is 12.2. The zero-order chi connectivity index (χ0) is 17.2. The smallest absolute Gasteiger partial charge is 0.259 e. The number of likely N-dealkylation sites (N-methyl/N-ethyl adjacent to an activating group) is 1. The van der Waals surface area contributed by atoms with Crippen LogP contribution in [0.15, 0.2) is 47.1 Å². The number of hydrogen-bond acceptors (Lipinski definition) is 6. The van der Waals surface area contributed by atoms with Crippen molar-refractivity contribution in [2.24, 2.45) is 0 Å². The summed E-state index contributed by atoms with van der Waals surface area (Å²) in [6.45, 7) is 6.18. The maximum atomic E-state index is 5.41. The lowest BCUT2D eigenvalue weighted by atomic mass is 10.1. The van der Waals surface area contributed by atoms with Crippen molar-refractivity contribution in [2.75, 3.05) is 38.1 Å². The third-order valence-electron chi connectivity index (χ3n) is 4.56. The van der Waals surface area contributed by atoms with Crippen LogP contribution in [-0.4, -0.2) is 53.3 Å². The van der Waals surface area contributed by atoms with E-state index in [9.17, 15) is 0 Å². The van der Waals surface area contributed by atoms with Gasteiger partial charge in [-0.25, -0.2) is 4.98 Å². The van der Waals surface area contributed by atoms with Crippen LogP contribution in [0, 0.1) is 6.92 Å². The molecule has 6 nitrogen and oxygen atoms in total. The molecule has 0 bridgehead atoms. The Labute approximate surface area is 147 Å². The van der Waals surface area contributed by atoms with Crippen LogP contribution in [0.5, 0.6) is 0 Å². The molecular weight excluding hydrogens is 314 g/mol. The SMILES string of the molecule is Cc1ccc(-c2noc(-c3ccc(N4CCN(C)CC4)nc3)n2)cc1. The molecule has 0 N–H and O–H groups in total. The predicted octanol–water partition coefficient (Wildman–Crippen LogP) is 2.86. The normalized spacial score (nSPS) is 15.5. The highest BCUT2D eigenvalue weighted by molar-refractivity contribution is 5.60. The van der Waals surface area contributed by atoms with Crippen LogP contribution in [0.3, 0.4) is 0 Å². The van der Waals surface area contributed by atoms with Crippen LogP contribution in [0.2, 0.25) is 0 Å². The Morgan fingerprint density at radius 1 is 0.920 bits per heavy atom. The van der Waals surface area contributed by atoms with E-state index in [0.29, 0.717) is 11.7 Å². The van der Waals surface area contributed by atoms with E-state index in [-0.39, 0.29) is 0 Å². The third-order valence-corrected chi connectivity index (χ3v) is 4.56. The molecule has 0 spiro atoms. The van der Waals surface area contributed by atoms with Gasteiger partial charge in [-0.15, -0.1) is 0 Å². The summed E-state index contributed by atoms with van der Waals surface area (Å²) in [5.74, 6) is 2.08. The Kier molecular flexibility index (Phi) is 4.19. The maximum Gasteiger partial charge on any atom is 0.259 e. The molecule has 0 amide bonds. The summed E-state index contributed by atoms with van der Waals surface area (Å²) >= 11 is 0. The van der Waals surface area contributed by atoms with Crippen molar-refractivity contribution >= 4 is 5.82 Å². The monoisotopic (exact) mass is 335 g/mol. The van der Waals surface area contributed by atoms with Gasteiger partial charge in [-0.1, -0.05) is 35.0 Å². The Hall–Kier alpha value is -2.73. The van der Waals surface area contributed by atoms with Crippen molar-refractivity contribution in [3.8, 4) is 22.8 Å². The van der Waals surface area contributed by atoms with E-state index in [0.717, 1.165) is 43.1 Å². The van der Waals surface area contributed by atoms with Crippen molar-refractivity contribution in [1.29, 1.82) is 0 Å². The highest BCUT2D eigenvalue weighted by Gasteiger charge is 2.16. The van der Waals surface area contributed by atoms with Crippen molar-refractivity contribution in [3.63, 3.8) is 0 Å². The van der Waals surface area contributed by atoms with E-state index in [1.165, 1.54) is 5.56 Å².